The van der Waals surface area contributed by atoms with Gasteiger partial charge in [-0.2, -0.15) is 0 Å². The van der Waals surface area contributed by atoms with Crippen molar-refractivity contribution in [3.8, 4) is 11.3 Å². The summed E-state index contributed by atoms with van der Waals surface area (Å²) in [4.78, 5) is 0. The molecule has 78 valence electrons. The summed E-state index contributed by atoms with van der Waals surface area (Å²) in [5, 5.41) is 8.35. The van der Waals surface area contributed by atoms with Crippen LogP contribution in [0.4, 0.5) is 0 Å². The number of nitrogens with two attached hydrogens (primary N) is 1. The fraction of sp³-hybridized carbons (Fsp3) is 0.200. The van der Waals surface area contributed by atoms with Crippen molar-refractivity contribution in [2.45, 2.75) is 6.42 Å². The molecule has 2 rings (SSSR count). The molecular weight excluding hydrogens is 214 g/mol. The average Bonchev–Trinajstić information content (AvgIpc) is 2.68. The first-order valence-electron chi connectivity index (χ1n) is 4.58. The summed E-state index contributed by atoms with van der Waals surface area (Å²) in [6.45, 7) is 0.523. The van der Waals surface area contributed by atoms with Crippen molar-refractivity contribution in [2.24, 2.45) is 5.73 Å². The molecule has 1 aromatic heterocycles. The third-order valence-corrected chi connectivity index (χ3v) is 2.31. The van der Waals surface area contributed by atoms with Crippen LogP contribution in [-0.2, 0) is 6.42 Å². The second-order valence-corrected chi connectivity index (χ2v) is 3.54. The van der Waals surface area contributed by atoms with Gasteiger partial charge in [-0.15, -0.1) is 0 Å². The SMILES string of the molecule is NCCc1nonc1-c1ccc(Cl)cc1. The fourth-order valence-electron chi connectivity index (χ4n) is 1.33. The van der Waals surface area contributed by atoms with E-state index < -0.39 is 0 Å². The Balaban J connectivity index is 2.36. The number of benzene rings is 1. The largest absolute Gasteiger partial charge is 0.330 e. The zero-order valence-electron chi connectivity index (χ0n) is 7.98. The molecule has 0 saturated carbocycles. The van der Waals surface area contributed by atoms with Gasteiger partial charge in [0.25, 0.3) is 0 Å². The standard InChI is InChI=1S/C10H10ClN3O/c11-8-3-1-7(2-4-8)10-9(5-6-12)13-15-14-10/h1-4H,5-6,12H2. The Morgan fingerprint density at radius 3 is 2.60 bits per heavy atom. The first-order valence-corrected chi connectivity index (χ1v) is 4.96. The van der Waals surface area contributed by atoms with Crippen LogP contribution in [0.3, 0.4) is 0 Å². The summed E-state index contributed by atoms with van der Waals surface area (Å²) in [5.41, 5.74) is 7.91. The summed E-state index contributed by atoms with van der Waals surface area (Å²) in [7, 11) is 0. The van der Waals surface area contributed by atoms with E-state index in [0.29, 0.717) is 18.0 Å². The molecule has 0 aliphatic rings. The van der Waals surface area contributed by atoms with Crippen molar-refractivity contribution < 1.29 is 4.63 Å². The molecular formula is C10H10ClN3O. The van der Waals surface area contributed by atoms with Gasteiger partial charge in [-0.25, -0.2) is 4.63 Å². The van der Waals surface area contributed by atoms with Gasteiger partial charge in [0.15, 0.2) is 0 Å². The number of aromatic nitrogens is 2. The number of hydrogen-bond acceptors (Lipinski definition) is 4. The molecule has 1 aromatic carbocycles. The van der Waals surface area contributed by atoms with Crippen LogP contribution in [0, 0.1) is 0 Å². The summed E-state index contributed by atoms with van der Waals surface area (Å²) in [6, 6.07) is 7.36. The van der Waals surface area contributed by atoms with E-state index in [-0.39, 0.29) is 0 Å². The van der Waals surface area contributed by atoms with E-state index in [1.54, 1.807) is 12.1 Å². The zero-order valence-corrected chi connectivity index (χ0v) is 8.74. The molecule has 2 aromatic rings. The highest BCUT2D eigenvalue weighted by Crippen LogP contribution is 2.22. The summed E-state index contributed by atoms with van der Waals surface area (Å²) in [6.07, 6.45) is 0.654. The Bertz CT molecular complexity index is 438. The van der Waals surface area contributed by atoms with E-state index in [1.807, 2.05) is 12.1 Å². The first kappa shape index (κ1) is 10.1. The number of rotatable bonds is 3. The highest BCUT2D eigenvalue weighted by atomic mass is 35.5. The van der Waals surface area contributed by atoms with Crippen LogP contribution in [0.25, 0.3) is 11.3 Å². The number of hydrogen-bond donors (Lipinski definition) is 1. The van der Waals surface area contributed by atoms with E-state index in [1.165, 1.54) is 0 Å². The smallest absolute Gasteiger partial charge is 0.138 e. The van der Waals surface area contributed by atoms with Gasteiger partial charge < -0.3 is 5.73 Å². The maximum atomic E-state index is 5.79. The molecule has 2 N–H and O–H groups in total. The lowest BCUT2D eigenvalue weighted by molar-refractivity contribution is 0.304. The Morgan fingerprint density at radius 1 is 1.20 bits per heavy atom. The third kappa shape index (κ3) is 2.16. The molecule has 15 heavy (non-hydrogen) atoms. The molecule has 0 fully saturated rings. The second kappa shape index (κ2) is 4.42. The lowest BCUT2D eigenvalue weighted by atomic mass is 10.1. The van der Waals surface area contributed by atoms with E-state index in [4.69, 9.17) is 22.0 Å². The topological polar surface area (TPSA) is 64.9 Å². The van der Waals surface area contributed by atoms with Gasteiger partial charge in [-0.1, -0.05) is 28.9 Å². The number of nitrogens with zero attached hydrogens (tertiary/aromatic N) is 2. The van der Waals surface area contributed by atoms with Gasteiger partial charge in [0.05, 0.1) is 0 Å². The lowest BCUT2D eigenvalue weighted by Gasteiger charge is -1.98. The highest BCUT2D eigenvalue weighted by Gasteiger charge is 2.10. The molecule has 4 nitrogen and oxygen atoms in total. The van der Waals surface area contributed by atoms with Gasteiger partial charge in [0, 0.05) is 17.0 Å². The summed E-state index contributed by atoms with van der Waals surface area (Å²) in [5.74, 6) is 0. The minimum atomic E-state index is 0.523. The molecule has 0 unspecified atom stereocenters. The Hall–Kier alpha value is -1.39. The van der Waals surface area contributed by atoms with E-state index in [2.05, 4.69) is 10.3 Å². The van der Waals surface area contributed by atoms with Crippen molar-refractivity contribution in [1.29, 1.82) is 0 Å². The van der Waals surface area contributed by atoms with Crippen LogP contribution < -0.4 is 5.73 Å². The van der Waals surface area contributed by atoms with Crippen molar-refractivity contribution in [3.05, 3.63) is 35.0 Å². The van der Waals surface area contributed by atoms with E-state index >= 15 is 0 Å². The molecule has 0 aliphatic carbocycles. The predicted octanol–water partition coefficient (Wildman–Crippen LogP) is 1.89. The van der Waals surface area contributed by atoms with Crippen LogP contribution in [-0.4, -0.2) is 16.9 Å². The van der Waals surface area contributed by atoms with Crippen molar-refractivity contribution in [3.63, 3.8) is 0 Å². The van der Waals surface area contributed by atoms with Gasteiger partial charge in [-0.3, -0.25) is 0 Å². The third-order valence-electron chi connectivity index (χ3n) is 2.06. The molecule has 5 heteroatoms. The molecule has 1 heterocycles. The van der Waals surface area contributed by atoms with Crippen molar-refractivity contribution >= 4 is 11.6 Å². The minimum Gasteiger partial charge on any atom is -0.330 e. The fourth-order valence-corrected chi connectivity index (χ4v) is 1.46. The van der Waals surface area contributed by atoms with Crippen LogP contribution in [0.1, 0.15) is 5.69 Å². The quantitative estimate of drug-likeness (QED) is 0.863. The minimum absolute atomic E-state index is 0.523. The lowest BCUT2D eigenvalue weighted by Crippen LogP contribution is -2.03. The average molecular weight is 224 g/mol. The van der Waals surface area contributed by atoms with Crippen LogP contribution in [0.2, 0.25) is 5.02 Å². The van der Waals surface area contributed by atoms with Crippen molar-refractivity contribution in [1.82, 2.24) is 10.3 Å². The van der Waals surface area contributed by atoms with Crippen LogP contribution >= 0.6 is 11.6 Å². The Kier molecular flexibility index (Phi) is 2.99. The highest BCUT2D eigenvalue weighted by molar-refractivity contribution is 6.30. The normalized spacial score (nSPS) is 10.5. The monoisotopic (exact) mass is 223 g/mol. The maximum absolute atomic E-state index is 5.79. The molecule has 0 aliphatic heterocycles. The molecule has 0 amide bonds. The Labute approximate surface area is 92.0 Å². The molecule has 0 atom stereocenters. The summed E-state index contributed by atoms with van der Waals surface area (Å²) < 4.78 is 4.69. The van der Waals surface area contributed by atoms with Crippen LogP contribution in [0.5, 0.6) is 0 Å². The van der Waals surface area contributed by atoms with Gasteiger partial charge in [0.1, 0.15) is 11.4 Å². The molecule has 0 saturated heterocycles. The van der Waals surface area contributed by atoms with Gasteiger partial charge in [0.2, 0.25) is 0 Å². The number of halogens is 1. The second-order valence-electron chi connectivity index (χ2n) is 3.11. The molecule has 0 radical (unpaired) electrons. The zero-order chi connectivity index (χ0) is 10.7. The van der Waals surface area contributed by atoms with Crippen molar-refractivity contribution in [2.75, 3.05) is 6.54 Å². The van der Waals surface area contributed by atoms with E-state index in [0.717, 1.165) is 17.0 Å². The maximum Gasteiger partial charge on any atom is 0.138 e. The van der Waals surface area contributed by atoms with Gasteiger partial charge in [-0.05, 0) is 23.8 Å². The summed E-state index contributed by atoms with van der Waals surface area (Å²) >= 11 is 5.79. The predicted molar refractivity (Wildman–Crippen MR) is 57.5 cm³/mol. The Morgan fingerprint density at radius 2 is 1.93 bits per heavy atom. The van der Waals surface area contributed by atoms with Gasteiger partial charge >= 0.3 is 0 Å². The first-order chi connectivity index (χ1) is 7.31. The van der Waals surface area contributed by atoms with E-state index in [9.17, 15) is 0 Å². The molecule has 0 spiro atoms. The molecule has 0 bridgehead atoms. The van der Waals surface area contributed by atoms with Crippen LogP contribution in [0.15, 0.2) is 28.9 Å².